The molecule has 0 amide bonds. The molecule has 3 rings (SSSR count). The molecule has 0 saturated heterocycles. The van der Waals surface area contributed by atoms with Crippen LogP contribution in [0.25, 0.3) is 11.1 Å². The lowest BCUT2D eigenvalue weighted by molar-refractivity contribution is 0.275. The lowest BCUT2D eigenvalue weighted by Crippen LogP contribution is -2.28. The maximum absolute atomic E-state index is 9.68. The standard InChI is InChI=1S/C13H10BClO2/c15-13-6-10-8-17-14(16)12(10)7-11(13)9-4-2-1-3-5-9/h1-7,16H,8H2. The molecular weight excluding hydrogens is 234 g/mol. The first-order chi connectivity index (χ1) is 8.25. The molecule has 0 spiro atoms. The Morgan fingerprint density at radius 3 is 2.71 bits per heavy atom. The lowest BCUT2D eigenvalue weighted by atomic mass is 9.78. The molecule has 0 saturated carbocycles. The molecule has 0 aromatic heterocycles. The average molecular weight is 244 g/mol. The molecule has 1 N–H and O–H groups in total. The maximum atomic E-state index is 9.68. The smallest absolute Gasteiger partial charge is 0.423 e. The Balaban J connectivity index is 2.16. The van der Waals surface area contributed by atoms with Crippen molar-refractivity contribution in [1.29, 1.82) is 0 Å². The van der Waals surface area contributed by atoms with Gasteiger partial charge in [-0.1, -0.05) is 48.0 Å². The highest BCUT2D eigenvalue weighted by Crippen LogP contribution is 2.29. The lowest BCUT2D eigenvalue weighted by Gasteiger charge is -2.07. The highest BCUT2D eigenvalue weighted by molar-refractivity contribution is 6.61. The molecule has 0 radical (unpaired) electrons. The normalized spacial score (nSPS) is 13.9. The molecule has 2 aromatic rings. The summed E-state index contributed by atoms with van der Waals surface area (Å²) >= 11 is 6.25. The summed E-state index contributed by atoms with van der Waals surface area (Å²) in [6.07, 6.45) is 0. The Morgan fingerprint density at radius 1 is 1.18 bits per heavy atom. The second-order valence-electron chi connectivity index (χ2n) is 4.06. The van der Waals surface area contributed by atoms with E-state index in [0.29, 0.717) is 11.6 Å². The molecule has 17 heavy (non-hydrogen) atoms. The molecule has 0 aliphatic carbocycles. The van der Waals surface area contributed by atoms with Crippen molar-refractivity contribution in [3.05, 3.63) is 53.1 Å². The molecule has 2 aromatic carbocycles. The summed E-state index contributed by atoms with van der Waals surface area (Å²) in [4.78, 5) is 0. The van der Waals surface area contributed by atoms with E-state index < -0.39 is 7.12 Å². The monoisotopic (exact) mass is 244 g/mol. The van der Waals surface area contributed by atoms with Gasteiger partial charge in [-0.15, -0.1) is 0 Å². The summed E-state index contributed by atoms with van der Waals surface area (Å²) in [7, 11) is -0.829. The molecule has 1 aliphatic heterocycles. The van der Waals surface area contributed by atoms with Crippen LogP contribution in [0.2, 0.25) is 5.02 Å². The third-order valence-electron chi connectivity index (χ3n) is 2.98. The van der Waals surface area contributed by atoms with Gasteiger partial charge in [0.2, 0.25) is 0 Å². The summed E-state index contributed by atoms with van der Waals surface area (Å²) in [6, 6.07) is 13.7. The predicted molar refractivity (Wildman–Crippen MR) is 69.3 cm³/mol. The zero-order valence-corrected chi connectivity index (χ0v) is 9.82. The van der Waals surface area contributed by atoms with E-state index in [4.69, 9.17) is 16.3 Å². The van der Waals surface area contributed by atoms with Crippen molar-refractivity contribution in [2.75, 3.05) is 0 Å². The van der Waals surface area contributed by atoms with Crippen molar-refractivity contribution in [3.63, 3.8) is 0 Å². The van der Waals surface area contributed by atoms with Crippen molar-refractivity contribution >= 4 is 24.2 Å². The van der Waals surface area contributed by atoms with E-state index in [-0.39, 0.29) is 0 Å². The predicted octanol–water partition coefficient (Wildman–Crippen LogP) is 2.22. The van der Waals surface area contributed by atoms with Gasteiger partial charge in [0.1, 0.15) is 0 Å². The first kappa shape index (κ1) is 10.8. The van der Waals surface area contributed by atoms with Crippen LogP contribution in [0.5, 0.6) is 0 Å². The van der Waals surface area contributed by atoms with E-state index in [1.54, 1.807) is 0 Å². The Hall–Kier alpha value is -1.29. The first-order valence-electron chi connectivity index (χ1n) is 5.43. The van der Waals surface area contributed by atoms with E-state index in [9.17, 15) is 5.02 Å². The molecule has 1 aliphatic rings. The highest BCUT2D eigenvalue weighted by atomic mass is 35.5. The SMILES string of the molecule is OB1OCc2cc(Cl)c(-c3ccccc3)cc21. The summed E-state index contributed by atoms with van der Waals surface area (Å²) in [5, 5.41) is 10.4. The van der Waals surface area contributed by atoms with Gasteiger partial charge in [-0.2, -0.15) is 0 Å². The van der Waals surface area contributed by atoms with Gasteiger partial charge in [0.15, 0.2) is 0 Å². The van der Waals surface area contributed by atoms with Crippen LogP contribution in [0.3, 0.4) is 0 Å². The Morgan fingerprint density at radius 2 is 1.94 bits per heavy atom. The molecule has 0 atom stereocenters. The van der Waals surface area contributed by atoms with Gasteiger partial charge >= 0.3 is 7.12 Å². The summed E-state index contributed by atoms with van der Waals surface area (Å²) < 4.78 is 5.17. The number of benzene rings is 2. The average Bonchev–Trinajstić information content (AvgIpc) is 2.70. The number of hydrogen-bond acceptors (Lipinski definition) is 2. The molecule has 1 heterocycles. The van der Waals surface area contributed by atoms with Crippen LogP contribution >= 0.6 is 11.6 Å². The van der Waals surface area contributed by atoms with Crippen molar-refractivity contribution in [2.24, 2.45) is 0 Å². The van der Waals surface area contributed by atoms with Gasteiger partial charge < -0.3 is 9.68 Å². The number of rotatable bonds is 1. The fourth-order valence-corrected chi connectivity index (χ4v) is 2.38. The van der Waals surface area contributed by atoms with Crippen LogP contribution in [-0.2, 0) is 11.3 Å². The van der Waals surface area contributed by atoms with E-state index in [0.717, 1.165) is 22.2 Å². The molecule has 0 bridgehead atoms. The van der Waals surface area contributed by atoms with E-state index in [1.165, 1.54) is 0 Å². The topological polar surface area (TPSA) is 29.5 Å². The Labute approximate surface area is 105 Å². The van der Waals surface area contributed by atoms with Crippen molar-refractivity contribution < 1.29 is 9.68 Å². The summed E-state index contributed by atoms with van der Waals surface area (Å²) in [5.74, 6) is 0. The van der Waals surface area contributed by atoms with E-state index in [1.807, 2.05) is 42.5 Å². The van der Waals surface area contributed by atoms with Crippen molar-refractivity contribution in [2.45, 2.75) is 6.61 Å². The Kier molecular flexibility index (Phi) is 2.67. The molecule has 2 nitrogen and oxygen atoms in total. The zero-order valence-electron chi connectivity index (χ0n) is 9.06. The van der Waals surface area contributed by atoms with Gasteiger partial charge in [-0.05, 0) is 28.2 Å². The van der Waals surface area contributed by atoms with Crippen LogP contribution in [0.4, 0.5) is 0 Å². The van der Waals surface area contributed by atoms with E-state index in [2.05, 4.69) is 0 Å². The van der Waals surface area contributed by atoms with Crippen molar-refractivity contribution in [3.8, 4) is 11.1 Å². The van der Waals surface area contributed by atoms with Crippen LogP contribution < -0.4 is 5.46 Å². The van der Waals surface area contributed by atoms with Crippen LogP contribution in [0.1, 0.15) is 5.56 Å². The third kappa shape index (κ3) is 1.87. The quantitative estimate of drug-likeness (QED) is 0.780. The molecule has 0 unspecified atom stereocenters. The Bertz CT molecular complexity index is 557. The molecule has 0 fully saturated rings. The van der Waals surface area contributed by atoms with Crippen molar-refractivity contribution in [1.82, 2.24) is 0 Å². The zero-order chi connectivity index (χ0) is 11.8. The van der Waals surface area contributed by atoms with E-state index >= 15 is 0 Å². The van der Waals surface area contributed by atoms with Gasteiger partial charge in [0.25, 0.3) is 0 Å². The third-order valence-corrected chi connectivity index (χ3v) is 3.29. The molecule has 4 heteroatoms. The van der Waals surface area contributed by atoms with Gasteiger partial charge in [0.05, 0.1) is 6.61 Å². The van der Waals surface area contributed by atoms with Gasteiger partial charge in [0, 0.05) is 5.02 Å². The minimum absolute atomic E-state index is 0.422. The highest BCUT2D eigenvalue weighted by Gasteiger charge is 2.28. The first-order valence-corrected chi connectivity index (χ1v) is 5.81. The largest absolute Gasteiger partial charge is 0.491 e. The van der Waals surface area contributed by atoms with Gasteiger partial charge in [-0.25, -0.2) is 0 Å². The second kappa shape index (κ2) is 4.19. The van der Waals surface area contributed by atoms with Crippen LogP contribution in [0, 0.1) is 0 Å². The van der Waals surface area contributed by atoms with Crippen LogP contribution in [-0.4, -0.2) is 12.1 Å². The van der Waals surface area contributed by atoms with Gasteiger partial charge in [-0.3, -0.25) is 0 Å². The molecular formula is C13H10BClO2. The second-order valence-corrected chi connectivity index (χ2v) is 4.47. The summed E-state index contributed by atoms with van der Waals surface area (Å²) in [5.41, 5.74) is 3.74. The number of halogens is 1. The fraction of sp³-hybridized carbons (Fsp3) is 0.0769. The fourth-order valence-electron chi connectivity index (χ4n) is 2.08. The van der Waals surface area contributed by atoms with Crippen LogP contribution in [0.15, 0.2) is 42.5 Å². The summed E-state index contributed by atoms with van der Waals surface area (Å²) in [6.45, 7) is 0.422. The minimum Gasteiger partial charge on any atom is -0.423 e. The number of hydrogen-bond donors (Lipinski definition) is 1. The number of fused-ring (bicyclic) bond motifs is 1. The minimum atomic E-state index is -0.829. The molecule has 84 valence electrons. The maximum Gasteiger partial charge on any atom is 0.491 e.